The minimum absolute atomic E-state index is 0.00569. The zero-order valence-corrected chi connectivity index (χ0v) is 10.8. The largest absolute Gasteiger partial charge is 0.254 e. The third kappa shape index (κ3) is 2.76. The molecule has 0 bridgehead atoms. The van der Waals surface area contributed by atoms with Crippen LogP contribution in [0.1, 0.15) is 26.2 Å². The van der Waals surface area contributed by atoms with E-state index >= 15 is 0 Å². The SMILES string of the molecule is CC1CCC(C#N)C(S(=O)c2ccccc2)C1. The fraction of sp³-hybridized carbons (Fsp3) is 0.500. The molecule has 1 fully saturated rings. The van der Waals surface area contributed by atoms with Gasteiger partial charge >= 0.3 is 0 Å². The molecule has 1 aromatic carbocycles. The third-order valence-electron chi connectivity index (χ3n) is 3.47. The monoisotopic (exact) mass is 247 g/mol. The number of hydrogen-bond donors (Lipinski definition) is 0. The second-order valence-corrected chi connectivity index (χ2v) is 6.47. The van der Waals surface area contributed by atoms with Gasteiger partial charge in [-0.2, -0.15) is 5.26 Å². The van der Waals surface area contributed by atoms with E-state index in [1.807, 2.05) is 30.3 Å². The lowest BCUT2D eigenvalue weighted by Gasteiger charge is -2.30. The maximum Gasteiger partial charge on any atom is 0.0668 e. The molecule has 3 heteroatoms. The van der Waals surface area contributed by atoms with E-state index in [0.717, 1.165) is 24.2 Å². The van der Waals surface area contributed by atoms with Gasteiger partial charge in [0.1, 0.15) is 0 Å². The smallest absolute Gasteiger partial charge is 0.0668 e. The van der Waals surface area contributed by atoms with Crippen LogP contribution >= 0.6 is 0 Å². The fourth-order valence-electron chi connectivity index (χ4n) is 2.44. The van der Waals surface area contributed by atoms with Gasteiger partial charge in [-0.3, -0.25) is 4.21 Å². The summed E-state index contributed by atoms with van der Waals surface area (Å²) in [5.41, 5.74) is 0. The summed E-state index contributed by atoms with van der Waals surface area (Å²) in [6.45, 7) is 2.18. The number of nitrogens with zero attached hydrogens (tertiary/aromatic N) is 1. The summed E-state index contributed by atoms with van der Waals surface area (Å²) in [6, 6.07) is 11.8. The Bertz CT molecular complexity index is 437. The van der Waals surface area contributed by atoms with E-state index in [9.17, 15) is 4.21 Å². The zero-order valence-electron chi connectivity index (χ0n) is 10.0. The summed E-state index contributed by atoms with van der Waals surface area (Å²) >= 11 is 0. The van der Waals surface area contributed by atoms with Crippen molar-refractivity contribution in [2.75, 3.05) is 0 Å². The van der Waals surface area contributed by atoms with Crippen LogP contribution in [-0.4, -0.2) is 9.46 Å². The van der Waals surface area contributed by atoms with Crippen molar-refractivity contribution in [2.24, 2.45) is 11.8 Å². The van der Waals surface area contributed by atoms with E-state index in [1.165, 1.54) is 0 Å². The third-order valence-corrected chi connectivity index (χ3v) is 5.28. The summed E-state index contributed by atoms with van der Waals surface area (Å²) in [6.07, 6.45) is 2.88. The predicted molar refractivity (Wildman–Crippen MR) is 68.8 cm³/mol. The molecule has 0 radical (unpaired) electrons. The lowest BCUT2D eigenvalue weighted by Crippen LogP contribution is -2.31. The molecule has 1 aliphatic carbocycles. The van der Waals surface area contributed by atoms with Crippen molar-refractivity contribution < 1.29 is 4.21 Å². The molecule has 4 unspecified atom stereocenters. The fourth-order valence-corrected chi connectivity index (χ4v) is 4.22. The molecule has 0 saturated heterocycles. The molecule has 90 valence electrons. The van der Waals surface area contributed by atoms with Gasteiger partial charge in [0.2, 0.25) is 0 Å². The Morgan fingerprint density at radius 2 is 2.00 bits per heavy atom. The summed E-state index contributed by atoms with van der Waals surface area (Å²) in [5, 5.41) is 9.16. The van der Waals surface area contributed by atoms with Crippen molar-refractivity contribution in [2.45, 2.75) is 36.3 Å². The molecule has 0 aromatic heterocycles. The van der Waals surface area contributed by atoms with E-state index in [2.05, 4.69) is 13.0 Å². The van der Waals surface area contributed by atoms with Gasteiger partial charge in [-0.1, -0.05) is 25.1 Å². The van der Waals surface area contributed by atoms with Gasteiger partial charge in [-0.05, 0) is 37.3 Å². The summed E-state index contributed by atoms with van der Waals surface area (Å²) in [4.78, 5) is 0.854. The van der Waals surface area contributed by atoms with Crippen LogP contribution in [0.25, 0.3) is 0 Å². The minimum atomic E-state index is -1.04. The van der Waals surface area contributed by atoms with Crippen LogP contribution in [0.3, 0.4) is 0 Å². The Morgan fingerprint density at radius 1 is 1.29 bits per heavy atom. The van der Waals surface area contributed by atoms with Crippen molar-refractivity contribution in [3.05, 3.63) is 30.3 Å². The predicted octanol–water partition coefficient (Wildman–Crippen LogP) is 3.12. The molecule has 0 spiro atoms. The number of nitriles is 1. The van der Waals surface area contributed by atoms with Crippen LogP contribution < -0.4 is 0 Å². The lowest BCUT2D eigenvalue weighted by molar-refractivity contribution is 0.341. The van der Waals surface area contributed by atoms with Gasteiger partial charge < -0.3 is 0 Å². The molecule has 0 N–H and O–H groups in total. The Balaban J connectivity index is 2.20. The highest BCUT2D eigenvalue weighted by Crippen LogP contribution is 2.33. The molecule has 0 heterocycles. The molecule has 0 amide bonds. The highest BCUT2D eigenvalue weighted by Gasteiger charge is 2.33. The first-order valence-electron chi connectivity index (χ1n) is 6.07. The molecular weight excluding hydrogens is 230 g/mol. The first kappa shape index (κ1) is 12.3. The summed E-state index contributed by atoms with van der Waals surface area (Å²) < 4.78 is 12.5. The molecule has 17 heavy (non-hydrogen) atoms. The Morgan fingerprint density at radius 3 is 2.65 bits per heavy atom. The van der Waals surface area contributed by atoms with E-state index in [0.29, 0.717) is 5.92 Å². The van der Waals surface area contributed by atoms with Crippen LogP contribution in [0.4, 0.5) is 0 Å². The summed E-state index contributed by atoms with van der Waals surface area (Å²) in [7, 11) is -1.04. The topological polar surface area (TPSA) is 40.9 Å². The van der Waals surface area contributed by atoms with E-state index in [-0.39, 0.29) is 11.2 Å². The molecule has 4 atom stereocenters. The molecule has 1 saturated carbocycles. The molecule has 2 rings (SSSR count). The van der Waals surface area contributed by atoms with Gasteiger partial charge in [-0.25, -0.2) is 0 Å². The van der Waals surface area contributed by atoms with Gasteiger partial charge in [-0.15, -0.1) is 0 Å². The Labute approximate surface area is 105 Å². The quantitative estimate of drug-likeness (QED) is 0.805. The van der Waals surface area contributed by atoms with Gasteiger partial charge in [0.15, 0.2) is 0 Å². The Kier molecular flexibility index (Phi) is 3.96. The van der Waals surface area contributed by atoms with Crippen molar-refractivity contribution in [1.82, 2.24) is 0 Å². The second kappa shape index (κ2) is 5.46. The van der Waals surface area contributed by atoms with Crippen LogP contribution in [0.2, 0.25) is 0 Å². The lowest BCUT2D eigenvalue weighted by atomic mass is 9.83. The highest BCUT2D eigenvalue weighted by atomic mass is 32.2. The van der Waals surface area contributed by atoms with E-state index in [1.54, 1.807) is 0 Å². The standard InChI is InChI=1S/C14H17NOS/c1-11-7-8-12(10-15)14(9-11)17(16)13-5-3-2-4-6-13/h2-6,11-12,14H,7-9H2,1H3. The maximum absolute atomic E-state index is 12.5. The van der Waals surface area contributed by atoms with Gasteiger partial charge in [0.25, 0.3) is 0 Å². The number of rotatable bonds is 2. The first-order chi connectivity index (χ1) is 8.22. The molecule has 1 aromatic rings. The van der Waals surface area contributed by atoms with Gasteiger partial charge in [0, 0.05) is 4.90 Å². The molecule has 0 aliphatic heterocycles. The van der Waals surface area contributed by atoms with Crippen molar-refractivity contribution in [1.29, 1.82) is 5.26 Å². The van der Waals surface area contributed by atoms with Gasteiger partial charge in [0.05, 0.1) is 28.0 Å². The van der Waals surface area contributed by atoms with Crippen LogP contribution in [0.15, 0.2) is 35.2 Å². The highest BCUT2D eigenvalue weighted by molar-refractivity contribution is 7.85. The molecular formula is C14H17NOS. The van der Waals surface area contributed by atoms with Crippen LogP contribution in [0, 0.1) is 23.2 Å². The van der Waals surface area contributed by atoms with E-state index < -0.39 is 10.8 Å². The van der Waals surface area contributed by atoms with Crippen molar-refractivity contribution >= 4 is 10.8 Å². The normalized spacial score (nSPS) is 30.5. The first-order valence-corrected chi connectivity index (χ1v) is 7.29. The van der Waals surface area contributed by atoms with Crippen molar-refractivity contribution in [3.63, 3.8) is 0 Å². The zero-order chi connectivity index (χ0) is 12.3. The van der Waals surface area contributed by atoms with Crippen LogP contribution in [-0.2, 0) is 10.8 Å². The van der Waals surface area contributed by atoms with E-state index in [4.69, 9.17) is 5.26 Å². The maximum atomic E-state index is 12.5. The average Bonchev–Trinajstić information content (AvgIpc) is 2.39. The minimum Gasteiger partial charge on any atom is -0.254 e. The average molecular weight is 247 g/mol. The number of benzene rings is 1. The van der Waals surface area contributed by atoms with Crippen LogP contribution in [0.5, 0.6) is 0 Å². The summed E-state index contributed by atoms with van der Waals surface area (Å²) in [5.74, 6) is 0.532. The molecule has 1 aliphatic rings. The van der Waals surface area contributed by atoms with Crippen molar-refractivity contribution in [3.8, 4) is 6.07 Å². The second-order valence-electron chi connectivity index (χ2n) is 4.80. The Hall–Kier alpha value is -1.14. The number of hydrogen-bond acceptors (Lipinski definition) is 2. The molecule has 2 nitrogen and oxygen atoms in total.